The van der Waals surface area contributed by atoms with Crippen LogP contribution in [-0.2, 0) is 74.0 Å². The first-order chi connectivity index (χ1) is 16.7. The molecule has 0 unspecified atom stereocenters. The zero-order chi connectivity index (χ0) is 26.7. The van der Waals surface area contributed by atoms with Crippen molar-refractivity contribution in [1.82, 2.24) is 0 Å². The number of carbonyl (C=O) groups excluding carboxylic acids is 6. The number of methoxy groups -OCH3 is 6. The first-order valence-electron chi connectivity index (χ1n) is 9.80. The molecule has 12 nitrogen and oxygen atoms in total. The van der Waals surface area contributed by atoms with Crippen molar-refractivity contribution in [2.45, 2.75) is 0 Å². The van der Waals surface area contributed by atoms with Crippen molar-refractivity contribution in [2.75, 3.05) is 42.7 Å². The first-order valence-corrected chi connectivity index (χ1v) is 9.80. The Morgan fingerprint density at radius 2 is 0.806 bits per heavy atom. The van der Waals surface area contributed by atoms with Crippen LogP contribution in [0.15, 0.2) is 46.6 Å². The van der Waals surface area contributed by atoms with Crippen molar-refractivity contribution >= 4 is 35.8 Å². The molecule has 0 aromatic heterocycles. The Morgan fingerprint density at radius 3 is 1.00 bits per heavy atom. The second-order valence-electron chi connectivity index (χ2n) is 6.51. The number of ether oxygens (including phenoxy) is 6. The molecule has 198 valence electrons. The zero-order valence-corrected chi connectivity index (χ0v) is 21.3. The van der Waals surface area contributed by atoms with Gasteiger partial charge in [0.15, 0.2) is 0 Å². The maximum atomic E-state index is 12.6. The van der Waals surface area contributed by atoms with Crippen LogP contribution in [0.5, 0.6) is 0 Å². The molecule has 13 heteroatoms. The summed E-state index contributed by atoms with van der Waals surface area (Å²) in [7, 11) is 5.61. The molecule has 0 saturated heterocycles. The van der Waals surface area contributed by atoms with Crippen LogP contribution >= 0.6 is 0 Å². The number of carbonyl (C=O) groups is 6. The molecule has 36 heavy (non-hydrogen) atoms. The standard InChI is InChI=1S/C18H20O12.C5H5.Co/c1-25-13(19)7-8(14(20)26-2)10(16(22)28-4)12(18(24)30-6)11(17(23)29-5)9(7)15(21)27-3;1-2-4-5-3-1;/h7-8H,1-6H3;1-5H;/t7-,8+;;. The molecule has 0 aromatic carbocycles. The van der Waals surface area contributed by atoms with Crippen LogP contribution in [0.4, 0.5) is 0 Å². The first kappa shape index (κ1) is 32.3. The Hall–Kier alpha value is -3.71. The predicted octanol–water partition coefficient (Wildman–Crippen LogP) is 0.178. The van der Waals surface area contributed by atoms with Crippen molar-refractivity contribution in [2.24, 2.45) is 11.8 Å². The van der Waals surface area contributed by atoms with Gasteiger partial charge in [-0.25, -0.2) is 19.2 Å². The van der Waals surface area contributed by atoms with Gasteiger partial charge >= 0.3 is 35.8 Å². The van der Waals surface area contributed by atoms with E-state index in [1.54, 1.807) is 0 Å². The molecule has 2 aliphatic rings. The molecule has 0 spiro atoms. The largest absolute Gasteiger partial charge is 0.469 e. The van der Waals surface area contributed by atoms with Crippen LogP contribution in [-0.4, -0.2) is 78.5 Å². The maximum absolute atomic E-state index is 12.6. The predicted molar refractivity (Wildman–Crippen MR) is 116 cm³/mol. The summed E-state index contributed by atoms with van der Waals surface area (Å²) in [6, 6.07) is 0. The molecule has 2 aliphatic carbocycles. The number of esters is 6. The van der Waals surface area contributed by atoms with Crippen LogP contribution in [0.2, 0.25) is 0 Å². The van der Waals surface area contributed by atoms with Gasteiger partial charge in [-0.3, -0.25) is 9.59 Å². The van der Waals surface area contributed by atoms with E-state index in [9.17, 15) is 28.8 Å². The van der Waals surface area contributed by atoms with Gasteiger partial charge in [0.25, 0.3) is 0 Å². The molecule has 0 aromatic rings. The molecule has 0 N–H and O–H groups in total. The van der Waals surface area contributed by atoms with Crippen LogP contribution in [0, 0.1) is 18.3 Å². The van der Waals surface area contributed by atoms with Crippen molar-refractivity contribution in [3.05, 3.63) is 53.0 Å². The summed E-state index contributed by atoms with van der Waals surface area (Å²) in [6.45, 7) is 0. The fraction of sp³-hybridized carbons (Fsp3) is 0.348. The molecule has 0 aliphatic heterocycles. The van der Waals surface area contributed by atoms with E-state index >= 15 is 0 Å². The van der Waals surface area contributed by atoms with Gasteiger partial charge < -0.3 is 28.4 Å². The second kappa shape index (κ2) is 15.3. The molecule has 0 heterocycles. The molecular formula is C23H25CoO12. The minimum atomic E-state index is -1.90. The third-order valence-electron chi connectivity index (χ3n) is 4.80. The van der Waals surface area contributed by atoms with E-state index in [0.29, 0.717) is 0 Å². The van der Waals surface area contributed by atoms with Gasteiger partial charge in [-0.05, 0) is 0 Å². The number of allylic oxidation sites excluding steroid dienone is 4. The Kier molecular flexibility index (Phi) is 13.7. The van der Waals surface area contributed by atoms with Gasteiger partial charge in [0.1, 0.15) is 11.8 Å². The van der Waals surface area contributed by atoms with Crippen molar-refractivity contribution in [3.63, 3.8) is 0 Å². The van der Waals surface area contributed by atoms with E-state index in [2.05, 4.69) is 28.4 Å². The van der Waals surface area contributed by atoms with Crippen LogP contribution < -0.4 is 0 Å². The third kappa shape index (κ3) is 6.92. The van der Waals surface area contributed by atoms with Crippen molar-refractivity contribution in [1.29, 1.82) is 0 Å². The smallest absolute Gasteiger partial charge is 0.339 e. The van der Waals surface area contributed by atoms with Crippen LogP contribution in [0.1, 0.15) is 0 Å². The zero-order valence-electron chi connectivity index (χ0n) is 20.3. The Labute approximate surface area is 217 Å². The third-order valence-corrected chi connectivity index (χ3v) is 4.80. The topological polar surface area (TPSA) is 158 Å². The number of hydrogen-bond donors (Lipinski definition) is 0. The summed E-state index contributed by atoms with van der Waals surface area (Å²) in [4.78, 5) is 75.3. The second-order valence-corrected chi connectivity index (χ2v) is 6.51. The molecule has 0 amide bonds. The van der Waals surface area contributed by atoms with Crippen LogP contribution in [0.3, 0.4) is 0 Å². The quantitative estimate of drug-likeness (QED) is 0.326. The van der Waals surface area contributed by atoms with Gasteiger partial charge in [0.2, 0.25) is 0 Å². The summed E-state index contributed by atoms with van der Waals surface area (Å²) < 4.78 is 27.8. The summed E-state index contributed by atoms with van der Waals surface area (Å²) in [5.74, 6) is -11.3. The normalized spacial score (nSPS) is 17.6. The minimum absolute atomic E-state index is 0. The molecule has 0 fully saturated rings. The molecular weight excluding hydrogens is 527 g/mol. The number of rotatable bonds is 6. The summed E-state index contributed by atoms with van der Waals surface area (Å²) in [5.41, 5.74) is -3.13. The van der Waals surface area contributed by atoms with E-state index in [1.807, 2.05) is 30.7 Å². The van der Waals surface area contributed by atoms with Gasteiger partial charge in [0.05, 0.1) is 65.0 Å². The minimum Gasteiger partial charge on any atom is -0.469 e. The van der Waals surface area contributed by atoms with E-state index in [-0.39, 0.29) is 16.8 Å². The fourth-order valence-corrected chi connectivity index (χ4v) is 3.30. The average molecular weight is 552 g/mol. The summed E-state index contributed by atoms with van der Waals surface area (Å²) >= 11 is 0. The summed E-state index contributed by atoms with van der Waals surface area (Å²) in [6.07, 6.45) is 10.0. The number of hydrogen-bond acceptors (Lipinski definition) is 12. The van der Waals surface area contributed by atoms with Gasteiger partial charge in [-0.15, -0.1) is 0 Å². The molecule has 0 saturated carbocycles. The molecule has 2 atom stereocenters. The van der Waals surface area contributed by atoms with E-state index in [0.717, 1.165) is 42.7 Å². The van der Waals surface area contributed by atoms with Crippen LogP contribution in [0.25, 0.3) is 0 Å². The van der Waals surface area contributed by atoms with Gasteiger partial charge in [0, 0.05) is 23.2 Å². The van der Waals surface area contributed by atoms with E-state index in [1.165, 1.54) is 0 Å². The van der Waals surface area contributed by atoms with E-state index < -0.39 is 69.9 Å². The summed E-state index contributed by atoms with van der Waals surface area (Å²) in [5, 5.41) is 0. The van der Waals surface area contributed by atoms with Crippen molar-refractivity contribution in [3.8, 4) is 0 Å². The monoisotopic (exact) mass is 552 g/mol. The fourth-order valence-electron chi connectivity index (χ4n) is 3.30. The Morgan fingerprint density at radius 1 is 0.500 bits per heavy atom. The maximum Gasteiger partial charge on any atom is 0.339 e. The Balaban J connectivity index is 0.00000181. The SMILES string of the molecule is COC(=O)C1=C(C(=O)OC)[C@@H](C(=O)OC)[C@@H](C(=O)OC)C(C(=O)OC)=C1C(=O)OC.[CH]1C=CC=C1.[Co]. The Bertz CT molecular complexity index is 938. The van der Waals surface area contributed by atoms with Crippen molar-refractivity contribution < 1.29 is 74.0 Å². The molecule has 2 rings (SSSR count). The van der Waals surface area contributed by atoms with E-state index in [4.69, 9.17) is 0 Å². The van der Waals surface area contributed by atoms with Gasteiger partial charge in [-0.1, -0.05) is 24.3 Å². The van der Waals surface area contributed by atoms with Gasteiger partial charge in [-0.2, -0.15) is 0 Å². The molecule has 0 bridgehead atoms. The average Bonchev–Trinajstić information content (AvgIpc) is 3.49. The molecule has 2 radical (unpaired) electrons.